The van der Waals surface area contributed by atoms with Crippen LogP contribution in [0, 0.1) is 6.92 Å². The van der Waals surface area contributed by atoms with Crippen LogP contribution in [0.2, 0.25) is 0 Å². The van der Waals surface area contributed by atoms with E-state index < -0.39 is 0 Å². The molecule has 2 aromatic carbocycles. The number of hydrogen-bond donors (Lipinski definition) is 2. The van der Waals surface area contributed by atoms with E-state index >= 15 is 0 Å². The highest BCUT2D eigenvalue weighted by molar-refractivity contribution is 5.90. The van der Waals surface area contributed by atoms with Crippen LogP contribution in [0.25, 0.3) is 0 Å². The van der Waals surface area contributed by atoms with Crippen molar-refractivity contribution in [3.63, 3.8) is 0 Å². The zero-order valence-electron chi connectivity index (χ0n) is 15.0. The highest BCUT2D eigenvalue weighted by Crippen LogP contribution is 2.28. The fourth-order valence-electron chi connectivity index (χ4n) is 2.35. The Labute approximate surface area is 148 Å². The van der Waals surface area contributed by atoms with Gasteiger partial charge in [0, 0.05) is 6.54 Å². The van der Waals surface area contributed by atoms with Crippen molar-refractivity contribution >= 4 is 11.7 Å². The average Bonchev–Trinajstić information content (AvgIpc) is 2.62. The molecular formula is C19H24N2O4. The Morgan fingerprint density at radius 2 is 1.76 bits per heavy atom. The van der Waals surface area contributed by atoms with E-state index in [-0.39, 0.29) is 6.03 Å². The quantitative estimate of drug-likeness (QED) is 0.803. The number of rotatable bonds is 7. The van der Waals surface area contributed by atoms with Crippen LogP contribution in [0.4, 0.5) is 10.5 Å². The summed E-state index contributed by atoms with van der Waals surface area (Å²) in [4.78, 5) is 12.2. The molecule has 134 valence electrons. The van der Waals surface area contributed by atoms with E-state index in [1.54, 1.807) is 20.3 Å². The van der Waals surface area contributed by atoms with Crippen LogP contribution in [0.5, 0.6) is 17.2 Å². The molecule has 0 aliphatic heterocycles. The minimum absolute atomic E-state index is 0.306. The number of nitrogens with one attached hydrogen (secondary N) is 2. The summed E-state index contributed by atoms with van der Waals surface area (Å²) in [5, 5.41) is 5.63. The number of anilines is 1. The fraction of sp³-hybridized carbons (Fsp3) is 0.316. The number of carbonyl (C=O) groups excluding carboxylic acids is 1. The number of hydrogen-bond acceptors (Lipinski definition) is 4. The van der Waals surface area contributed by atoms with Crippen molar-refractivity contribution in [2.24, 2.45) is 0 Å². The van der Waals surface area contributed by atoms with Crippen molar-refractivity contribution in [3.8, 4) is 17.2 Å². The summed E-state index contributed by atoms with van der Waals surface area (Å²) >= 11 is 0. The molecule has 2 amide bonds. The number of amides is 2. The first-order valence-corrected chi connectivity index (χ1v) is 8.06. The third-order valence-electron chi connectivity index (χ3n) is 3.59. The van der Waals surface area contributed by atoms with Gasteiger partial charge in [-0.1, -0.05) is 12.1 Å². The normalized spacial score (nSPS) is 10.1. The summed E-state index contributed by atoms with van der Waals surface area (Å²) in [6, 6.07) is 10.9. The smallest absolute Gasteiger partial charge is 0.319 e. The summed E-state index contributed by atoms with van der Waals surface area (Å²) in [5.74, 6) is 1.93. The van der Waals surface area contributed by atoms with Crippen LogP contribution in [0.3, 0.4) is 0 Å². The molecule has 0 heterocycles. The number of carbonyl (C=O) groups is 1. The minimum atomic E-state index is -0.306. The second-order valence-electron chi connectivity index (χ2n) is 5.43. The first kappa shape index (κ1) is 18.4. The van der Waals surface area contributed by atoms with E-state index in [9.17, 15) is 4.79 Å². The van der Waals surface area contributed by atoms with E-state index in [2.05, 4.69) is 10.6 Å². The first-order valence-electron chi connectivity index (χ1n) is 8.06. The predicted octanol–water partition coefficient (Wildman–Crippen LogP) is 3.73. The number of methoxy groups -OCH3 is 2. The van der Waals surface area contributed by atoms with Crippen LogP contribution in [-0.2, 0) is 6.54 Å². The van der Waals surface area contributed by atoms with Crippen LogP contribution < -0.4 is 24.8 Å². The van der Waals surface area contributed by atoms with Crippen molar-refractivity contribution in [2.75, 3.05) is 26.1 Å². The third kappa shape index (κ3) is 5.04. The molecule has 0 atom stereocenters. The molecule has 0 aromatic heterocycles. The van der Waals surface area contributed by atoms with Gasteiger partial charge in [-0.2, -0.15) is 0 Å². The molecular weight excluding hydrogens is 320 g/mol. The Balaban J connectivity index is 1.99. The summed E-state index contributed by atoms with van der Waals surface area (Å²) in [7, 11) is 3.16. The van der Waals surface area contributed by atoms with Gasteiger partial charge in [0.05, 0.1) is 26.5 Å². The lowest BCUT2D eigenvalue weighted by atomic mass is 10.2. The molecule has 0 fully saturated rings. The van der Waals surface area contributed by atoms with E-state index in [0.717, 1.165) is 11.1 Å². The molecule has 0 aliphatic carbocycles. The van der Waals surface area contributed by atoms with E-state index in [4.69, 9.17) is 14.2 Å². The molecule has 0 saturated heterocycles. The van der Waals surface area contributed by atoms with Crippen molar-refractivity contribution in [3.05, 3.63) is 47.5 Å². The van der Waals surface area contributed by atoms with Crippen molar-refractivity contribution in [2.45, 2.75) is 20.4 Å². The standard InChI is InChI=1S/C19H24N2O4/c1-5-25-17-10-13(2)6-8-15(17)21-19(22)20-12-14-7-9-16(23-3)18(11-14)24-4/h6-11H,5,12H2,1-4H3,(H2,20,21,22). The van der Waals surface area contributed by atoms with Gasteiger partial charge in [0.15, 0.2) is 11.5 Å². The number of benzene rings is 2. The van der Waals surface area contributed by atoms with Crippen molar-refractivity contribution in [1.29, 1.82) is 0 Å². The molecule has 0 radical (unpaired) electrons. The van der Waals surface area contributed by atoms with Crippen LogP contribution in [0.15, 0.2) is 36.4 Å². The maximum absolute atomic E-state index is 12.2. The Morgan fingerprint density at radius 3 is 2.44 bits per heavy atom. The molecule has 2 aromatic rings. The minimum Gasteiger partial charge on any atom is -0.493 e. The van der Waals surface area contributed by atoms with E-state index in [1.807, 2.05) is 44.2 Å². The van der Waals surface area contributed by atoms with Crippen LogP contribution >= 0.6 is 0 Å². The fourth-order valence-corrected chi connectivity index (χ4v) is 2.35. The summed E-state index contributed by atoms with van der Waals surface area (Å²) < 4.78 is 16.0. The second-order valence-corrected chi connectivity index (χ2v) is 5.43. The van der Waals surface area contributed by atoms with Gasteiger partial charge >= 0.3 is 6.03 Å². The average molecular weight is 344 g/mol. The second kappa shape index (κ2) is 8.82. The topological polar surface area (TPSA) is 68.8 Å². The highest BCUT2D eigenvalue weighted by Gasteiger charge is 2.09. The molecule has 0 saturated carbocycles. The molecule has 0 bridgehead atoms. The lowest BCUT2D eigenvalue weighted by molar-refractivity contribution is 0.251. The monoisotopic (exact) mass is 344 g/mol. The SMILES string of the molecule is CCOc1cc(C)ccc1NC(=O)NCc1ccc(OC)c(OC)c1. The molecule has 0 aliphatic rings. The first-order chi connectivity index (χ1) is 12.1. The van der Waals surface area contributed by atoms with E-state index in [1.165, 1.54) is 0 Å². The van der Waals surface area contributed by atoms with Gasteiger partial charge in [-0.05, 0) is 49.2 Å². The Kier molecular flexibility index (Phi) is 6.51. The largest absolute Gasteiger partial charge is 0.493 e. The molecule has 6 nitrogen and oxygen atoms in total. The number of ether oxygens (including phenoxy) is 3. The van der Waals surface area contributed by atoms with Gasteiger partial charge < -0.3 is 24.8 Å². The highest BCUT2D eigenvalue weighted by atomic mass is 16.5. The molecule has 6 heteroatoms. The Morgan fingerprint density at radius 1 is 1.00 bits per heavy atom. The van der Waals surface area contributed by atoms with Crippen LogP contribution in [0.1, 0.15) is 18.1 Å². The Bertz CT molecular complexity index is 731. The van der Waals surface area contributed by atoms with Crippen LogP contribution in [-0.4, -0.2) is 26.9 Å². The van der Waals surface area contributed by atoms with Crippen molar-refractivity contribution < 1.29 is 19.0 Å². The zero-order chi connectivity index (χ0) is 18.2. The molecule has 2 N–H and O–H groups in total. The van der Waals surface area contributed by atoms with Gasteiger partial charge in [0.1, 0.15) is 5.75 Å². The predicted molar refractivity (Wildman–Crippen MR) is 97.8 cm³/mol. The van der Waals surface area contributed by atoms with Crippen molar-refractivity contribution in [1.82, 2.24) is 5.32 Å². The van der Waals surface area contributed by atoms with Gasteiger partial charge in [-0.15, -0.1) is 0 Å². The summed E-state index contributed by atoms with van der Waals surface area (Å²) in [6.45, 7) is 4.78. The maximum Gasteiger partial charge on any atom is 0.319 e. The van der Waals surface area contributed by atoms with Gasteiger partial charge in [0.2, 0.25) is 0 Å². The molecule has 25 heavy (non-hydrogen) atoms. The summed E-state index contributed by atoms with van der Waals surface area (Å²) in [5.41, 5.74) is 2.61. The molecule has 0 spiro atoms. The lowest BCUT2D eigenvalue weighted by Gasteiger charge is -2.13. The molecule has 0 unspecified atom stereocenters. The van der Waals surface area contributed by atoms with E-state index in [0.29, 0.717) is 36.1 Å². The van der Waals surface area contributed by atoms with Gasteiger partial charge in [-0.3, -0.25) is 0 Å². The van der Waals surface area contributed by atoms with Gasteiger partial charge in [-0.25, -0.2) is 4.79 Å². The zero-order valence-corrected chi connectivity index (χ0v) is 15.0. The number of urea groups is 1. The lowest BCUT2D eigenvalue weighted by Crippen LogP contribution is -2.28. The third-order valence-corrected chi connectivity index (χ3v) is 3.59. The van der Waals surface area contributed by atoms with Gasteiger partial charge in [0.25, 0.3) is 0 Å². The molecule has 2 rings (SSSR count). The summed E-state index contributed by atoms with van der Waals surface area (Å²) in [6.07, 6.45) is 0. The maximum atomic E-state index is 12.2. The Hall–Kier alpha value is -2.89. The number of aryl methyl sites for hydroxylation is 1.